The maximum atomic E-state index is 13.7. The van der Waals surface area contributed by atoms with Gasteiger partial charge < -0.3 is 9.47 Å². The molecule has 2 bridgehead atoms. The molecule has 9 nitrogen and oxygen atoms in total. The second kappa shape index (κ2) is 13.0. The van der Waals surface area contributed by atoms with Crippen molar-refractivity contribution in [3.63, 3.8) is 0 Å². The molecule has 0 saturated carbocycles. The number of piperidine rings is 2. The van der Waals surface area contributed by atoms with Crippen LogP contribution < -0.4 is 4.89 Å². The minimum absolute atomic E-state index is 0.0527. The third-order valence-corrected chi connectivity index (χ3v) is 12.5. The van der Waals surface area contributed by atoms with Gasteiger partial charge in [0.05, 0.1) is 33.6 Å². The van der Waals surface area contributed by atoms with Crippen LogP contribution >= 0.6 is 11.6 Å². The fraction of sp³-hybridized carbons (Fsp3) is 0.444. The number of halogens is 1. The van der Waals surface area contributed by atoms with E-state index in [-0.39, 0.29) is 26.8 Å². The molecular weight excluding hydrogens is 634 g/mol. The standard InChI is InChI=1S/C36H42ClN5O4S/c1-25-38-33-10-6-7-11-34(33)42(25)29-22-27-12-13-28(23-29)41(27)21-18-36(26-8-4-3-5-9-26)16-19-40(20-17-36)35(43)31-24-30(14-15-32(31)37)47(44,45)39-46-2/h3-11,14-15,24,27-29,39H,12-13,16-23H2,1-2H3/t27-,28+,29+. The summed E-state index contributed by atoms with van der Waals surface area (Å²) in [7, 11) is -2.70. The number of para-hydroxylation sites is 2. The van der Waals surface area contributed by atoms with Gasteiger partial charge >= 0.3 is 0 Å². The van der Waals surface area contributed by atoms with Gasteiger partial charge in [0, 0.05) is 31.2 Å². The Morgan fingerprint density at radius 3 is 2.36 bits per heavy atom. The van der Waals surface area contributed by atoms with Crippen molar-refractivity contribution < 1.29 is 18.0 Å². The molecule has 0 aliphatic carbocycles. The molecule has 1 N–H and O–H groups in total. The van der Waals surface area contributed by atoms with Gasteiger partial charge in [0.2, 0.25) is 0 Å². The highest BCUT2D eigenvalue weighted by Crippen LogP contribution is 2.45. The Kier molecular flexibility index (Phi) is 8.91. The first kappa shape index (κ1) is 32.3. The van der Waals surface area contributed by atoms with E-state index < -0.39 is 10.0 Å². The van der Waals surface area contributed by atoms with Crippen LogP contribution in [0.25, 0.3) is 11.0 Å². The number of carbonyl (C=O) groups is 1. The van der Waals surface area contributed by atoms with E-state index in [1.165, 1.54) is 49.2 Å². The molecule has 3 aliphatic rings. The normalized spacial score (nSPS) is 23.0. The summed E-state index contributed by atoms with van der Waals surface area (Å²) in [5, 5.41) is 0.226. The van der Waals surface area contributed by atoms with Gasteiger partial charge in [-0.25, -0.2) is 13.4 Å². The Hall–Kier alpha value is -3.28. The number of hydrogen-bond acceptors (Lipinski definition) is 6. The largest absolute Gasteiger partial charge is 0.339 e. The van der Waals surface area contributed by atoms with Crippen LogP contribution in [0.1, 0.15) is 72.7 Å². The highest BCUT2D eigenvalue weighted by atomic mass is 35.5. The molecule has 0 spiro atoms. The summed E-state index contributed by atoms with van der Waals surface area (Å²) < 4.78 is 27.5. The van der Waals surface area contributed by atoms with Crippen molar-refractivity contribution in [3.8, 4) is 0 Å². The minimum atomic E-state index is -3.93. The van der Waals surface area contributed by atoms with E-state index in [0.717, 1.165) is 50.0 Å². The lowest BCUT2D eigenvalue weighted by Gasteiger charge is -2.45. The van der Waals surface area contributed by atoms with Gasteiger partial charge in [0.1, 0.15) is 5.82 Å². The Morgan fingerprint density at radius 2 is 1.66 bits per heavy atom. The predicted molar refractivity (Wildman–Crippen MR) is 183 cm³/mol. The van der Waals surface area contributed by atoms with Gasteiger partial charge in [-0.05, 0) is 99.7 Å². The van der Waals surface area contributed by atoms with E-state index in [9.17, 15) is 13.2 Å². The highest BCUT2D eigenvalue weighted by molar-refractivity contribution is 7.89. The molecule has 0 unspecified atom stereocenters. The van der Waals surface area contributed by atoms with Crippen LogP contribution in [0.5, 0.6) is 0 Å². The van der Waals surface area contributed by atoms with Crippen LogP contribution in [0.3, 0.4) is 0 Å². The van der Waals surface area contributed by atoms with Crippen molar-refractivity contribution in [2.75, 3.05) is 26.7 Å². The second-order valence-corrected chi connectivity index (χ2v) is 15.4. The number of nitrogens with one attached hydrogen (secondary N) is 1. The number of benzene rings is 3. The van der Waals surface area contributed by atoms with Crippen LogP contribution in [0.4, 0.5) is 0 Å². The Labute approximate surface area is 281 Å². The summed E-state index contributed by atoms with van der Waals surface area (Å²) in [6.07, 6.45) is 7.46. The van der Waals surface area contributed by atoms with Gasteiger partial charge in [0.15, 0.2) is 0 Å². The van der Waals surface area contributed by atoms with Crippen molar-refractivity contribution in [2.24, 2.45) is 0 Å². The predicted octanol–water partition coefficient (Wildman–Crippen LogP) is 6.27. The number of aromatic nitrogens is 2. The van der Waals surface area contributed by atoms with E-state index in [4.69, 9.17) is 16.6 Å². The molecule has 1 aromatic heterocycles. The van der Waals surface area contributed by atoms with E-state index in [0.29, 0.717) is 31.2 Å². The molecule has 4 heterocycles. The fourth-order valence-corrected chi connectivity index (χ4v) is 9.60. The van der Waals surface area contributed by atoms with E-state index in [2.05, 4.69) is 75.8 Å². The van der Waals surface area contributed by atoms with Crippen LogP contribution in [0.2, 0.25) is 5.02 Å². The van der Waals surface area contributed by atoms with E-state index >= 15 is 0 Å². The summed E-state index contributed by atoms with van der Waals surface area (Å²) >= 11 is 6.43. The molecule has 0 radical (unpaired) electrons. The maximum Gasteiger partial charge on any atom is 0.262 e. The first-order valence-corrected chi connectivity index (χ1v) is 18.4. The zero-order chi connectivity index (χ0) is 32.8. The molecule has 3 aromatic carbocycles. The van der Waals surface area contributed by atoms with E-state index in [1.54, 1.807) is 0 Å². The van der Waals surface area contributed by atoms with E-state index in [1.807, 2.05) is 9.79 Å². The molecule has 3 atom stereocenters. The zero-order valence-corrected chi connectivity index (χ0v) is 28.5. The Balaban J connectivity index is 1.06. The number of nitrogens with zero attached hydrogens (tertiary/aromatic N) is 4. The second-order valence-electron chi connectivity index (χ2n) is 13.4. The zero-order valence-electron chi connectivity index (χ0n) is 26.9. The number of rotatable bonds is 9. The van der Waals surface area contributed by atoms with Crippen molar-refractivity contribution in [1.29, 1.82) is 0 Å². The summed E-state index contributed by atoms with van der Waals surface area (Å²) in [5.41, 5.74) is 3.78. The molecule has 3 saturated heterocycles. The van der Waals surface area contributed by atoms with Crippen LogP contribution in [0, 0.1) is 6.92 Å². The Bertz CT molecular complexity index is 1860. The average molecular weight is 676 g/mol. The third-order valence-electron chi connectivity index (χ3n) is 10.9. The van der Waals surface area contributed by atoms with Crippen LogP contribution in [-0.4, -0.2) is 72.5 Å². The summed E-state index contributed by atoms with van der Waals surface area (Å²) in [5.74, 6) is 0.850. The fourth-order valence-electron chi connectivity index (χ4n) is 8.57. The number of hydrogen-bond donors (Lipinski definition) is 1. The smallest absolute Gasteiger partial charge is 0.262 e. The van der Waals surface area contributed by atoms with Crippen molar-refractivity contribution in [1.82, 2.24) is 24.2 Å². The number of aryl methyl sites for hydroxylation is 1. The van der Waals surface area contributed by atoms with Gasteiger partial charge in [0.25, 0.3) is 15.9 Å². The highest BCUT2D eigenvalue weighted by Gasteiger charge is 2.44. The number of imidazole rings is 1. The molecule has 3 aliphatic heterocycles. The molecule has 1 amide bonds. The summed E-state index contributed by atoms with van der Waals surface area (Å²) in [6.45, 7) is 4.31. The first-order chi connectivity index (χ1) is 22.7. The number of likely N-dealkylation sites (tertiary alicyclic amines) is 1. The van der Waals surface area contributed by atoms with Gasteiger partial charge in [-0.1, -0.05) is 59.0 Å². The Morgan fingerprint density at radius 1 is 0.979 bits per heavy atom. The first-order valence-electron chi connectivity index (χ1n) is 16.6. The average Bonchev–Trinajstić information content (AvgIpc) is 3.54. The molecule has 248 valence electrons. The molecule has 4 aromatic rings. The topological polar surface area (TPSA) is 96.8 Å². The van der Waals surface area contributed by atoms with Crippen molar-refractivity contribution >= 4 is 38.6 Å². The quantitative estimate of drug-likeness (QED) is 0.210. The third kappa shape index (κ3) is 6.10. The number of sulfonamides is 1. The maximum absolute atomic E-state index is 13.7. The van der Waals surface area contributed by atoms with Crippen molar-refractivity contribution in [3.05, 3.63) is 94.8 Å². The SMILES string of the molecule is CONS(=O)(=O)c1ccc(Cl)c(C(=O)N2CCC(CCN3[C@@H]4CC[C@H]3C[C@@H](n3c(C)nc5ccccc53)C4)(c3ccccc3)CC2)c1. The van der Waals surface area contributed by atoms with Crippen molar-refractivity contribution in [2.45, 2.75) is 80.3 Å². The summed E-state index contributed by atoms with van der Waals surface area (Å²) in [6, 6.07) is 25.0. The lowest BCUT2D eigenvalue weighted by atomic mass is 9.70. The lowest BCUT2D eigenvalue weighted by molar-refractivity contribution is 0.0607. The van der Waals surface area contributed by atoms with Gasteiger partial charge in [-0.3, -0.25) is 14.5 Å². The minimum Gasteiger partial charge on any atom is -0.339 e. The number of fused-ring (bicyclic) bond motifs is 3. The molecular formula is C36H42ClN5O4S. The lowest BCUT2D eigenvalue weighted by Crippen LogP contribution is -2.49. The number of carbonyl (C=O) groups excluding carboxylic acids is 1. The van der Waals surface area contributed by atoms with Crippen LogP contribution in [0.15, 0.2) is 77.7 Å². The molecule has 3 fully saturated rings. The molecule has 7 rings (SSSR count). The molecule has 47 heavy (non-hydrogen) atoms. The number of amides is 1. The van der Waals surface area contributed by atoms with Crippen LogP contribution in [-0.2, 0) is 20.3 Å². The van der Waals surface area contributed by atoms with Gasteiger partial charge in [-0.15, -0.1) is 0 Å². The monoisotopic (exact) mass is 675 g/mol. The summed E-state index contributed by atoms with van der Waals surface area (Å²) in [4.78, 5) is 29.7. The van der Waals surface area contributed by atoms with Gasteiger partial charge in [-0.2, -0.15) is 0 Å². The molecule has 11 heteroatoms.